The van der Waals surface area contributed by atoms with E-state index in [1.165, 1.54) is 24.9 Å². The maximum absolute atomic E-state index is 13.5. The molecule has 31 heavy (non-hydrogen) atoms. The first-order chi connectivity index (χ1) is 14.5. The minimum atomic E-state index is -1.04. The summed E-state index contributed by atoms with van der Waals surface area (Å²) in [6.07, 6.45) is -0.303. The van der Waals surface area contributed by atoms with E-state index in [2.05, 4.69) is 0 Å². The zero-order valence-corrected chi connectivity index (χ0v) is 19.5. The van der Waals surface area contributed by atoms with Crippen molar-refractivity contribution < 1.29 is 24.5 Å². The number of methoxy groups -OCH3 is 1. The van der Waals surface area contributed by atoms with Gasteiger partial charge in [-0.25, -0.2) is 0 Å². The van der Waals surface area contributed by atoms with Crippen LogP contribution in [0.4, 0.5) is 5.69 Å². The van der Waals surface area contributed by atoms with E-state index in [9.17, 15) is 19.8 Å². The van der Waals surface area contributed by atoms with Gasteiger partial charge in [0.25, 0.3) is 0 Å². The fourth-order valence-corrected chi connectivity index (χ4v) is 5.33. The molecule has 0 aromatic heterocycles. The van der Waals surface area contributed by atoms with Gasteiger partial charge in [-0.2, -0.15) is 0 Å². The molecule has 3 rings (SSSR count). The van der Waals surface area contributed by atoms with Gasteiger partial charge in [-0.05, 0) is 35.2 Å². The fraction of sp³-hybridized carbons (Fsp3) is 0.391. The van der Waals surface area contributed by atoms with Crippen molar-refractivity contribution in [2.45, 2.75) is 37.7 Å². The molecular weight excluding hydrogens is 438 g/mol. The number of amides is 1. The Kier molecular flexibility index (Phi) is 6.76. The SMILES string of the molecule is COc1cc(O)ccc1C1SC(CC(=O)O)C(=O)N(CC(C)(C)C)c2ccc(Cl)cc21. The summed E-state index contributed by atoms with van der Waals surface area (Å²) in [5.41, 5.74) is 2.02. The van der Waals surface area contributed by atoms with E-state index in [1.54, 1.807) is 23.1 Å². The lowest BCUT2D eigenvalue weighted by atomic mass is 9.94. The zero-order chi connectivity index (χ0) is 22.9. The van der Waals surface area contributed by atoms with Crippen LogP contribution in [0.1, 0.15) is 43.6 Å². The fourth-order valence-electron chi connectivity index (χ4n) is 3.66. The van der Waals surface area contributed by atoms with Gasteiger partial charge in [-0.3, -0.25) is 9.59 Å². The molecule has 2 N–H and O–H groups in total. The lowest BCUT2D eigenvalue weighted by Gasteiger charge is -2.31. The molecule has 1 aliphatic heterocycles. The van der Waals surface area contributed by atoms with E-state index >= 15 is 0 Å². The van der Waals surface area contributed by atoms with Crippen LogP contribution in [0.25, 0.3) is 0 Å². The summed E-state index contributed by atoms with van der Waals surface area (Å²) in [6.45, 7) is 6.51. The number of phenols is 1. The predicted octanol–water partition coefficient (Wildman–Crippen LogP) is 5.11. The number of rotatable bonds is 5. The second-order valence-corrected chi connectivity index (χ2v) is 10.5. The second-order valence-electron chi connectivity index (χ2n) is 8.72. The van der Waals surface area contributed by atoms with E-state index in [0.29, 0.717) is 23.0 Å². The molecular formula is C23H26ClNO5S. The van der Waals surface area contributed by atoms with Gasteiger partial charge in [0.05, 0.1) is 24.0 Å². The lowest BCUT2D eigenvalue weighted by Crippen LogP contribution is -2.42. The van der Waals surface area contributed by atoms with E-state index in [4.69, 9.17) is 16.3 Å². The number of hydrogen-bond acceptors (Lipinski definition) is 5. The van der Waals surface area contributed by atoms with Crippen molar-refractivity contribution >= 4 is 40.9 Å². The first kappa shape index (κ1) is 23.3. The molecule has 1 heterocycles. The number of aromatic hydroxyl groups is 1. The Labute approximate surface area is 191 Å². The smallest absolute Gasteiger partial charge is 0.305 e. The number of nitrogens with zero attached hydrogens (tertiary/aromatic N) is 1. The summed E-state index contributed by atoms with van der Waals surface area (Å²) in [6, 6.07) is 10.1. The third-order valence-corrected chi connectivity index (χ3v) is 6.61. The second kappa shape index (κ2) is 9.01. The van der Waals surface area contributed by atoms with Gasteiger partial charge < -0.3 is 19.8 Å². The summed E-state index contributed by atoms with van der Waals surface area (Å²) in [4.78, 5) is 26.8. The van der Waals surface area contributed by atoms with Crippen molar-refractivity contribution in [2.24, 2.45) is 5.41 Å². The highest BCUT2D eigenvalue weighted by Gasteiger charge is 2.39. The number of fused-ring (bicyclic) bond motifs is 1. The number of halogens is 1. The molecule has 166 valence electrons. The first-order valence-corrected chi connectivity index (χ1v) is 11.2. The molecule has 0 spiro atoms. The molecule has 8 heteroatoms. The van der Waals surface area contributed by atoms with Gasteiger partial charge in [0.2, 0.25) is 5.91 Å². The maximum Gasteiger partial charge on any atom is 0.305 e. The third kappa shape index (κ3) is 5.28. The van der Waals surface area contributed by atoms with E-state index in [0.717, 1.165) is 11.1 Å². The Balaban J connectivity index is 2.24. The van der Waals surface area contributed by atoms with Crippen LogP contribution in [0.5, 0.6) is 11.5 Å². The normalized spacial score (nSPS) is 19.0. The standard InChI is InChI=1S/C23H26ClNO5S/c1-23(2,3)12-25-17-8-5-13(24)9-16(17)21(31-19(22(25)29)11-20(27)28)15-7-6-14(26)10-18(15)30-4/h5-10,19,21,26H,11-12H2,1-4H3,(H,27,28). The highest BCUT2D eigenvalue weighted by atomic mass is 35.5. The molecule has 2 aromatic rings. The lowest BCUT2D eigenvalue weighted by molar-refractivity contribution is -0.138. The van der Waals surface area contributed by atoms with E-state index in [-0.39, 0.29) is 23.5 Å². The minimum Gasteiger partial charge on any atom is -0.508 e. The van der Waals surface area contributed by atoms with Crippen LogP contribution in [0.3, 0.4) is 0 Å². The average molecular weight is 464 g/mol. The number of phenolic OH excluding ortho intramolecular Hbond substituents is 1. The van der Waals surface area contributed by atoms with Crippen molar-refractivity contribution in [1.82, 2.24) is 0 Å². The van der Waals surface area contributed by atoms with Gasteiger partial charge in [0.1, 0.15) is 11.5 Å². The van der Waals surface area contributed by atoms with Crippen molar-refractivity contribution in [3.05, 3.63) is 52.5 Å². The van der Waals surface area contributed by atoms with Crippen LogP contribution < -0.4 is 9.64 Å². The van der Waals surface area contributed by atoms with Gasteiger partial charge in [-0.1, -0.05) is 38.4 Å². The molecule has 6 nitrogen and oxygen atoms in total. The highest BCUT2D eigenvalue weighted by molar-refractivity contribution is 8.01. The maximum atomic E-state index is 13.5. The van der Waals surface area contributed by atoms with Gasteiger partial charge in [0, 0.05) is 28.9 Å². The molecule has 2 aromatic carbocycles. The summed E-state index contributed by atoms with van der Waals surface area (Å²) in [7, 11) is 1.50. The number of anilines is 1. The van der Waals surface area contributed by atoms with Crippen LogP contribution in [0.15, 0.2) is 36.4 Å². The first-order valence-electron chi connectivity index (χ1n) is 9.85. The molecule has 1 amide bonds. The molecule has 0 radical (unpaired) electrons. The largest absolute Gasteiger partial charge is 0.508 e. The van der Waals surface area contributed by atoms with Crippen LogP contribution >= 0.6 is 23.4 Å². The van der Waals surface area contributed by atoms with Crippen molar-refractivity contribution in [1.29, 1.82) is 0 Å². The molecule has 0 fully saturated rings. The van der Waals surface area contributed by atoms with Crippen LogP contribution in [0.2, 0.25) is 5.02 Å². The van der Waals surface area contributed by atoms with Gasteiger partial charge in [-0.15, -0.1) is 11.8 Å². The van der Waals surface area contributed by atoms with E-state index in [1.807, 2.05) is 32.9 Å². The van der Waals surface area contributed by atoms with Crippen molar-refractivity contribution in [3.63, 3.8) is 0 Å². The summed E-state index contributed by atoms with van der Waals surface area (Å²) < 4.78 is 5.49. The minimum absolute atomic E-state index is 0.0538. The number of carboxylic acids is 1. The predicted molar refractivity (Wildman–Crippen MR) is 123 cm³/mol. The van der Waals surface area contributed by atoms with Crippen LogP contribution in [-0.4, -0.2) is 41.0 Å². The van der Waals surface area contributed by atoms with Crippen molar-refractivity contribution in [2.75, 3.05) is 18.6 Å². The molecule has 0 aliphatic carbocycles. The monoisotopic (exact) mass is 463 g/mol. The molecule has 2 atom stereocenters. The number of aliphatic carboxylic acids is 1. The number of carboxylic acid groups (broad SMARTS) is 1. The number of carbonyl (C=O) groups is 2. The Morgan fingerprint density at radius 1 is 1.19 bits per heavy atom. The molecule has 0 saturated carbocycles. The third-order valence-electron chi connectivity index (χ3n) is 4.90. The topological polar surface area (TPSA) is 87.1 Å². The van der Waals surface area contributed by atoms with Crippen molar-refractivity contribution in [3.8, 4) is 11.5 Å². The Hall–Kier alpha value is -2.38. The average Bonchev–Trinajstić information content (AvgIpc) is 2.77. The number of benzene rings is 2. The number of hydrogen-bond donors (Lipinski definition) is 2. The quantitative estimate of drug-likeness (QED) is 0.640. The molecule has 1 aliphatic rings. The Bertz CT molecular complexity index is 1000. The van der Waals surface area contributed by atoms with Crippen LogP contribution in [-0.2, 0) is 9.59 Å². The number of carbonyl (C=O) groups excluding carboxylic acids is 1. The van der Waals surface area contributed by atoms with Gasteiger partial charge >= 0.3 is 5.97 Å². The molecule has 0 saturated heterocycles. The van der Waals surface area contributed by atoms with Crippen LogP contribution in [0, 0.1) is 5.41 Å². The molecule has 0 bridgehead atoms. The highest BCUT2D eigenvalue weighted by Crippen LogP contribution is 2.50. The summed E-state index contributed by atoms with van der Waals surface area (Å²) in [5, 5.41) is 18.7. The van der Waals surface area contributed by atoms with E-state index < -0.39 is 16.5 Å². The number of ether oxygens (including phenoxy) is 1. The van der Waals surface area contributed by atoms with Gasteiger partial charge in [0.15, 0.2) is 0 Å². The molecule has 2 unspecified atom stereocenters. The Morgan fingerprint density at radius 2 is 1.90 bits per heavy atom. The number of thioether (sulfide) groups is 1. The Morgan fingerprint density at radius 3 is 2.52 bits per heavy atom. The summed E-state index contributed by atoms with van der Waals surface area (Å²) in [5.74, 6) is -0.777. The summed E-state index contributed by atoms with van der Waals surface area (Å²) >= 11 is 7.61. The zero-order valence-electron chi connectivity index (χ0n) is 17.9.